The lowest BCUT2D eigenvalue weighted by Crippen LogP contribution is -2.38. The Labute approximate surface area is 116 Å². The van der Waals surface area contributed by atoms with E-state index in [4.69, 9.17) is 15.3 Å². The molecule has 0 spiro atoms. The fourth-order valence-corrected chi connectivity index (χ4v) is 1.95. The standard InChI is InChI=1S/C15H26N2O2/c1-15(2,19-4)9-8-13(17-16)10-12-6-5-7-14(11-12)18-3/h5-7,11,13,17H,8-10,16H2,1-4H3. The van der Waals surface area contributed by atoms with Gasteiger partial charge in [-0.05, 0) is 50.8 Å². The first-order chi connectivity index (χ1) is 9.00. The molecule has 3 N–H and O–H groups in total. The quantitative estimate of drug-likeness (QED) is 0.560. The number of hydrogen-bond donors (Lipinski definition) is 2. The Hall–Kier alpha value is -1.10. The number of methoxy groups -OCH3 is 2. The molecule has 0 radical (unpaired) electrons. The van der Waals surface area contributed by atoms with E-state index < -0.39 is 0 Å². The van der Waals surface area contributed by atoms with Crippen molar-refractivity contribution in [3.63, 3.8) is 0 Å². The molecule has 108 valence electrons. The fraction of sp³-hybridized carbons (Fsp3) is 0.600. The summed E-state index contributed by atoms with van der Waals surface area (Å²) in [5, 5.41) is 0. The Morgan fingerprint density at radius 3 is 2.63 bits per heavy atom. The molecule has 0 fully saturated rings. The normalized spacial score (nSPS) is 13.3. The molecule has 0 saturated heterocycles. The molecule has 0 saturated carbocycles. The van der Waals surface area contributed by atoms with E-state index in [0.717, 1.165) is 25.0 Å². The molecule has 0 aliphatic carbocycles. The van der Waals surface area contributed by atoms with Crippen LogP contribution in [0.3, 0.4) is 0 Å². The molecule has 0 amide bonds. The lowest BCUT2D eigenvalue weighted by molar-refractivity contribution is 0.0117. The Bertz CT molecular complexity index is 380. The van der Waals surface area contributed by atoms with Crippen LogP contribution in [-0.4, -0.2) is 25.9 Å². The smallest absolute Gasteiger partial charge is 0.119 e. The number of ether oxygens (including phenoxy) is 2. The van der Waals surface area contributed by atoms with Crippen molar-refractivity contribution in [3.05, 3.63) is 29.8 Å². The number of nitrogens with two attached hydrogens (primary N) is 1. The van der Waals surface area contributed by atoms with Crippen molar-refractivity contribution in [2.24, 2.45) is 5.84 Å². The van der Waals surface area contributed by atoms with Crippen molar-refractivity contribution in [1.29, 1.82) is 0 Å². The molecular formula is C15H26N2O2. The van der Waals surface area contributed by atoms with Gasteiger partial charge in [-0.2, -0.15) is 0 Å². The zero-order valence-electron chi connectivity index (χ0n) is 12.4. The highest BCUT2D eigenvalue weighted by molar-refractivity contribution is 5.28. The molecule has 4 nitrogen and oxygen atoms in total. The summed E-state index contributed by atoms with van der Waals surface area (Å²) < 4.78 is 10.7. The minimum atomic E-state index is -0.108. The number of rotatable bonds is 8. The first-order valence-corrected chi connectivity index (χ1v) is 6.65. The van der Waals surface area contributed by atoms with E-state index in [2.05, 4.69) is 25.3 Å². The van der Waals surface area contributed by atoms with Gasteiger partial charge in [0, 0.05) is 13.2 Å². The van der Waals surface area contributed by atoms with Crippen LogP contribution < -0.4 is 16.0 Å². The van der Waals surface area contributed by atoms with Crippen LogP contribution in [0.15, 0.2) is 24.3 Å². The lowest BCUT2D eigenvalue weighted by Gasteiger charge is -2.25. The SMILES string of the molecule is COc1cccc(CC(CCC(C)(C)OC)NN)c1. The topological polar surface area (TPSA) is 56.5 Å². The predicted octanol–water partition coefficient (Wildman–Crippen LogP) is 2.27. The van der Waals surface area contributed by atoms with E-state index in [1.807, 2.05) is 18.2 Å². The fourth-order valence-electron chi connectivity index (χ4n) is 1.95. The summed E-state index contributed by atoms with van der Waals surface area (Å²) in [5.74, 6) is 6.52. The highest BCUT2D eigenvalue weighted by Crippen LogP contribution is 2.19. The Morgan fingerprint density at radius 2 is 2.05 bits per heavy atom. The van der Waals surface area contributed by atoms with Crippen LogP contribution in [0.1, 0.15) is 32.3 Å². The van der Waals surface area contributed by atoms with Crippen molar-refractivity contribution >= 4 is 0 Å². The summed E-state index contributed by atoms with van der Waals surface area (Å²) in [5.41, 5.74) is 4.00. The summed E-state index contributed by atoms with van der Waals surface area (Å²) in [6.07, 6.45) is 2.81. The van der Waals surface area contributed by atoms with Gasteiger partial charge in [0.25, 0.3) is 0 Å². The Morgan fingerprint density at radius 1 is 1.32 bits per heavy atom. The maximum absolute atomic E-state index is 5.64. The lowest BCUT2D eigenvalue weighted by atomic mass is 9.95. The van der Waals surface area contributed by atoms with Gasteiger partial charge in [0.1, 0.15) is 5.75 Å². The largest absolute Gasteiger partial charge is 0.497 e. The van der Waals surface area contributed by atoms with Gasteiger partial charge in [-0.15, -0.1) is 0 Å². The molecule has 0 aliphatic rings. The first-order valence-electron chi connectivity index (χ1n) is 6.65. The summed E-state index contributed by atoms with van der Waals surface area (Å²) >= 11 is 0. The summed E-state index contributed by atoms with van der Waals surface area (Å²) in [4.78, 5) is 0. The van der Waals surface area contributed by atoms with Gasteiger partial charge in [-0.3, -0.25) is 11.3 Å². The third kappa shape index (κ3) is 5.59. The second kappa shape index (κ2) is 7.48. The maximum Gasteiger partial charge on any atom is 0.119 e. The molecule has 1 aromatic rings. The number of hydrogen-bond acceptors (Lipinski definition) is 4. The molecule has 0 bridgehead atoms. The van der Waals surface area contributed by atoms with Gasteiger partial charge in [0.2, 0.25) is 0 Å². The summed E-state index contributed by atoms with van der Waals surface area (Å²) in [7, 11) is 3.42. The predicted molar refractivity (Wildman–Crippen MR) is 78.1 cm³/mol. The zero-order chi connectivity index (χ0) is 14.3. The molecule has 19 heavy (non-hydrogen) atoms. The Kier molecular flexibility index (Phi) is 6.28. The van der Waals surface area contributed by atoms with Gasteiger partial charge >= 0.3 is 0 Å². The monoisotopic (exact) mass is 266 g/mol. The number of nitrogens with one attached hydrogen (secondary N) is 1. The van der Waals surface area contributed by atoms with Crippen LogP contribution in [0, 0.1) is 0 Å². The molecule has 1 rings (SSSR count). The Balaban J connectivity index is 2.56. The molecule has 0 aliphatic heterocycles. The molecule has 0 aromatic heterocycles. The van der Waals surface area contributed by atoms with Crippen molar-refractivity contribution in [2.75, 3.05) is 14.2 Å². The van der Waals surface area contributed by atoms with Crippen LogP contribution in [0.5, 0.6) is 5.75 Å². The second-order valence-corrected chi connectivity index (χ2v) is 5.42. The van der Waals surface area contributed by atoms with E-state index in [-0.39, 0.29) is 11.6 Å². The molecule has 1 unspecified atom stereocenters. The van der Waals surface area contributed by atoms with Crippen molar-refractivity contribution in [3.8, 4) is 5.75 Å². The zero-order valence-corrected chi connectivity index (χ0v) is 12.4. The maximum atomic E-state index is 5.64. The molecule has 4 heteroatoms. The van der Waals surface area contributed by atoms with Crippen molar-refractivity contribution in [2.45, 2.75) is 44.8 Å². The van der Waals surface area contributed by atoms with E-state index in [9.17, 15) is 0 Å². The van der Waals surface area contributed by atoms with Crippen LogP contribution in [0.4, 0.5) is 0 Å². The third-order valence-electron chi connectivity index (χ3n) is 3.50. The van der Waals surface area contributed by atoms with Crippen molar-refractivity contribution < 1.29 is 9.47 Å². The van der Waals surface area contributed by atoms with E-state index in [0.29, 0.717) is 0 Å². The van der Waals surface area contributed by atoms with Gasteiger partial charge in [-0.1, -0.05) is 12.1 Å². The number of hydrazine groups is 1. The van der Waals surface area contributed by atoms with Crippen LogP contribution in [-0.2, 0) is 11.2 Å². The molecular weight excluding hydrogens is 240 g/mol. The molecule has 1 atom stereocenters. The molecule has 1 aromatic carbocycles. The van der Waals surface area contributed by atoms with Gasteiger partial charge in [0.15, 0.2) is 0 Å². The van der Waals surface area contributed by atoms with Crippen molar-refractivity contribution in [1.82, 2.24) is 5.43 Å². The minimum Gasteiger partial charge on any atom is -0.497 e. The molecule has 0 heterocycles. The first kappa shape index (κ1) is 16.0. The van der Waals surface area contributed by atoms with Gasteiger partial charge in [-0.25, -0.2) is 0 Å². The van der Waals surface area contributed by atoms with E-state index in [1.54, 1.807) is 14.2 Å². The van der Waals surface area contributed by atoms with Gasteiger partial charge in [0.05, 0.1) is 12.7 Å². The van der Waals surface area contributed by atoms with Crippen LogP contribution >= 0.6 is 0 Å². The minimum absolute atomic E-state index is 0.108. The van der Waals surface area contributed by atoms with Crippen LogP contribution in [0.2, 0.25) is 0 Å². The van der Waals surface area contributed by atoms with E-state index >= 15 is 0 Å². The third-order valence-corrected chi connectivity index (χ3v) is 3.50. The average Bonchev–Trinajstić information content (AvgIpc) is 2.43. The summed E-state index contributed by atoms with van der Waals surface area (Å²) in [6, 6.07) is 8.32. The number of benzene rings is 1. The highest BCUT2D eigenvalue weighted by Gasteiger charge is 2.19. The van der Waals surface area contributed by atoms with E-state index in [1.165, 1.54) is 5.56 Å². The highest BCUT2D eigenvalue weighted by atomic mass is 16.5. The second-order valence-electron chi connectivity index (χ2n) is 5.42. The average molecular weight is 266 g/mol. The summed E-state index contributed by atoms with van der Waals surface area (Å²) in [6.45, 7) is 4.18. The van der Waals surface area contributed by atoms with Gasteiger partial charge < -0.3 is 9.47 Å². The van der Waals surface area contributed by atoms with Crippen LogP contribution in [0.25, 0.3) is 0 Å².